The van der Waals surface area contributed by atoms with Crippen LogP contribution in [-0.2, 0) is 17.9 Å². The number of carbonyl (C=O) groups is 1. The van der Waals surface area contributed by atoms with E-state index < -0.39 is 0 Å². The fourth-order valence-electron chi connectivity index (χ4n) is 5.46. The minimum atomic E-state index is -0.350. The third-order valence-corrected chi connectivity index (χ3v) is 8.20. The van der Waals surface area contributed by atoms with Gasteiger partial charge in [0, 0.05) is 49.6 Å². The Balaban J connectivity index is 0.000000202. The molecule has 0 N–H and O–H groups in total. The van der Waals surface area contributed by atoms with Crippen LogP contribution in [0.3, 0.4) is 0 Å². The van der Waals surface area contributed by atoms with E-state index in [1.54, 1.807) is 42.5 Å². The molecule has 258 valence electrons. The Morgan fingerprint density at radius 1 is 0.635 bits per heavy atom. The van der Waals surface area contributed by atoms with E-state index in [9.17, 15) is 14.4 Å². The molecular formula is C41H36N8O3. The van der Waals surface area contributed by atoms with E-state index in [0.717, 1.165) is 22.5 Å². The second-order valence-electron chi connectivity index (χ2n) is 11.5. The van der Waals surface area contributed by atoms with Crippen LogP contribution >= 0.6 is 0 Å². The van der Waals surface area contributed by atoms with Gasteiger partial charge in [0.05, 0.1) is 34.7 Å². The summed E-state index contributed by atoms with van der Waals surface area (Å²) in [6, 6.07) is 40.5. The van der Waals surface area contributed by atoms with Gasteiger partial charge in [0.1, 0.15) is 11.4 Å². The van der Waals surface area contributed by atoms with Crippen molar-refractivity contribution in [3.63, 3.8) is 0 Å². The van der Waals surface area contributed by atoms with Gasteiger partial charge in [-0.1, -0.05) is 60.7 Å². The lowest BCUT2D eigenvalue weighted by atomic mass is 10.1. The first-order valence-corrected chi connectivity index (χ1v) is 16.6. The Labute approximate surface area is 301 Å². The molecule has 2 aromatic heterocycles. The highest BCUT2D eigenvalue weighted by Gasteiger charge is 2.21. The van der Waals surface area contributed by atoms with E-state index in [-0.39, 0.29) is 22.7 Å². The van der Waals surface area contributed by atoms with Crippen LogP contribution in [0.25, 0.3) is 22.5 Å². The third kappa shape index (κ3) is 8.02. The van der Waals surface area contributed by atoms with E-state index in [1.807, 2.05) is 111 Å². The summed E-state index contributed by atoms with van der Waals surface area (Å²) in [5.41, 5.74) is 5.85. The molecule has 0 aliphatic carbocycles. The number of aryl methyl sites for hydroxylation is 2. The number of nitrogens with zero attached hydrogens (tertiary/aromatic N) is 8. The van der Waals surface area contributed by atoms with Gasteiger partial charge in [-0.15, -0.1) is 0 Å². The van der Waals surface area contributed by atoms with Crippen LogP contribution in [0.5, 0.6) is 0 Å². The van der Waals surface area contributed by atoms with E-state index in [0.29, 0.717) is 41.3 Å². The molecule has 0 atom stereocenters. The summed E-state index contributed by atoms with van der Waals surface area (Å²) in [5, 5.41) is 26.8. The van der Waals surface area contributed by atoms with E-state index in [4.69, 9.17) is 10.5 Å². The van der Waals surface area contributed by atoms with Gasteiger partial charge >= 0.3 is 0 Å². The Bertz CT molecular complexity index is 2370. The van der Waals surface area contributed by atoms with Crippen LogP contribution in [0.15, 0.2) is 131 Å². The summed E-state index contributed by atoms with van der Waals surface area (Å²) in [6.07, 6.45) is 0. The zero-order valence-electron chi connectivity index (χ0n) is 29.3. The van der Waals surface area contributed by atoms with Crippen LogP contribution in [0.4, 0.5) is 22.7 Å². The second-order valence-corrected chi connectivity index (χ2v) is 11.5. The average molecular weight is 689 g/mol. The molecule has 0 unspecified atom stereocenters. The molecule has 4 aromatic carbocycles. The number of rotatable bonds is 8. The smallest absolute Gasteiger partial charge is 0.291 e. The fourth-order valence-corrected chi connectivity index (χ4v) is 5.46. The molecule has 0 bridgehead atoms. The van der Waals surface area contributed by atoms with Gasteiger partial charge in [0.25, 0.3) is 11.1 Å². The highest BCUT2D eigenvalue weighted by Crippen LogP contribution is 2.27. The highest BCUT2D eigenvalue weighted by molar-refractivity contribution is 5.99. The standard InChI is InChI=1S/C21H18N4O2.C20H18N4O/c1-3-24-21(27)20(13-19(23-24)17-7-5-4-6-8-17)25(15(2)26)18-11-9-16(14-22)10-12-18;1-3-24-20(25)19(13-18(22-24)16-7-5-4-6-8-16)23(2)17-11-9-15(14-21)10-12-17/h4-13H,3H2,1-2H3;4-13H,3H2,1-2H3. The van der Waals surface area contributed by atoms with Crippen molar-refractivity contribution >= 4 is 28.7 Å². The van der Waals surface area contributed by atoms with Crippen molar-refractivity contribution in [2.75, 3.05) is 16.8 Å². The minimum absolute atomic E-state index is 0.144. The molecule has 0 saturated carbocycles. The topological polar surface area (TPSA) is 141 Å². The van der Waals surface area contributed by atoms with E-state index in [2.05, 4.69) is 16.3 Å². The molecule has 0 spiro atoms. The molecule has 6 aromatic rings. The average Bonchev–Trinajstić information content (AvgIpc) is 3.19. The highest BCUT2D eigenvalue weighted by atomic mass is 16.2. The normalized spacial score (nSPS) is 10.3. The second kappa shape index (κ2) is 16.5. The summed E-state index contributed by atoms with van der Waals surface area (Å²) in [5.74, 6) is -0.301. The Hall–Kier alpha value is -7.11. The van der Waals surface area contributed by atoms with Gasteiger partial charge in [0.15, 0.2) is 0 Å². The number of nitriles is 2. The number of benzene rings is 4. The number of hydrogen-bond donors (Lipinski definition) is 0. The fraction of sp³-hybridized carbons (Fsp3) is 0.146. The number of anilines is 4. The van der Waals surface area contributed by atoms with Crippen LogP contribution in [-0.4, -0.2) is 32.5 Å². The lowest BCUT2D eigenvalue weighted by Gasteiger charge is -2.22. The third-order valence-electron chi connectivity index (χ3n) is 8.20. The van der Waals surface area contributed by atoms with E-state index in [1.165, 1.54) is 21.2 Å². The van der Waals surface area contributed by atoms with Crippen molar-refractivity contribution < 1.29 is 4.79 Å². The van der Waals surface area contributed by atoms with Crippen LogP contribution < -0.4 is 20.9 Å². The minimum Gasteiger partial charge on any atom is -0.340 e. The number of aromatic nitrogens is 4. The summed E-state index contributed by atoms with van der Waals surface area (Å²) in [6.45, 7) is 6.00. The van der Waals surface area contributed by atoms with E-state index >= 15 is 0 Å². The predicted octanol–water partition coefficient (Wildman–Crippen LogP) is 7.06. The maximum absolute atomic E-state index is 12.9. The number of amides is 1. The Morgan fingerprint density at radius 2 is 1.04 bits per heavy atom. The van der Waals surface area contributed by atoms with Gasteiger partial charge < -0.3 is 4.90 Å². The van der Waals surface area contributed by atoms with Crippen molar-refractivity contribution in [1.29, 1.82) is 10.5 Å². The molecule has 2 heterocycles. The molecular weight excluding hydrogens is 653 g/mol. The zero-order valence-corrected chi connectivity index (χ0v) is 29.3. The summed E-state index contributed by atoms with van der Waals surface area (Å²) < 4.78 is 2.81. The Morgan fingerprint density at radius 3 is 1.44 bits per heavy atom. The quantitative estimate of drug-likeness (QED) is 0.166. The summed E-state index contributed by atoms with van der Waals surface area (Å²) in [4.78, 5) is 41.2. The van der Waals surface area contributed by atoms with Gasteiger partial charge in [-0.2, -0.15) is 20.7 Å². The van der Waals surface area contributed by atoms with Crippen molar-refractivity contribution in [2.24, 2.45) is 0 Å². The molecule has 11 heteroatoms. The molecule has 1 amide bonds. The summed E-state index contributed by atoms with van der Waals surface area (Å²) in [7, 11) is 1.84. The lowest BCUT2D eigenvalue weighted by molar-refractivity contribution is -0.115. The first-order chi connectivity index (χ1) is 25.2. The largest absolute Gasteiger partial charge is 0.340 e. The molecule has 52 heavy (non-hydrogen) atoms. The zero-order chi connectivity index (χ0) is 37.2. The molecule has 6 rings (SSSR count). The van der Waals surface area contributed by atoms with Crippen LogP contribution in [0.2, 0.25) is 0 Å². The van der Waals surface area contributed by atoms with Crippen molar-refractivity contribution in [2.45, 2.75) is 33.9 Å². The molecule has 0 aliphatic heterocycles. The Kier molecular flexibility index (Phi) is 11.5. The van der Waals surface area contributed by atoms with Gasteiger partial charge in [-0.3, -0.25) is 19.3 Å². The maximum atomic E-state index is 12.9. The predicted molar refractivity (Wildman–Crippen MR) is 202 cm³/mol. The van der Waals surface area contributed by atoms with Crippen molar-refractivity contribution in [3.05, 3.63) is 153 Å². The van der Waals surface area contributed by atoms with Gasteiger partial charge in [-0.25, -0.2) is 9.36 Å². The maximum Gasteiger partial charge on any atom is 0.291 e. The number of carbonyl (C=O) groups excluding carboxylic acids is 1. The van der Waals surface area contributed by atoms with Crippen LogP contribution in [0.1, 0.15) is 31.9 Å². The van der Waals surface area contributed by atoms with Crippen molar-refractivity contribution in [3.8, 4) is 34.7 Å². The SMILES string of the molecule is CCn1nc(-c2ccccc2)cc(N(C(C)=O)c2ccc(C#N)cc2)c1=O.CCn1nc(-c2ccccc2)cc(N(C)c2ccc(C#N)cc2)c1=O. The monoisotopic (exact) mass is 688 g/mol. The summed E-state index contributed by atoms with van der Waals surface area (Å²) >= 11 is 0. The molecule has 0 radical (unpaired) electrons. The van der Waals surface area contributed by atoms with Crippen molar-refractivity contribution in [1.82, 2.24) is 19.6 Å². The lowest BCUT2D eigenvalue weighted by Crippen LogP contribution is -2.33. The molecule has 0 aliphatic rings. The molecule has 11 nitrogen and oxygen atoms in total. The van der Waals surface area contributed by atoms with Gasteiger partial charge in [-0.05, 0) is 74.5 Å². The first kappa shape index (κ1) is 36.2. The van der Waals surface area contributed by atoms with Crippen LogP contribution in [0, 0.1) is 22.7 Å². The molecule has 0 saturated heterocycles. The van der Waals surface area contributed by atoms with Gasteiger partial charge in [0.2, 0.25) is 5.91 Å². The molecule has 0 fully saturated rings. The first-order valence-electron chi connectivity index (χ1n) is 16.6. The number of hydrogen-bond acceptors (Lipinski definition) is 8.